The lowest BCUT2D eigenvalue weighted by Crippen LogP contribution is -2.33. The van der Waals surface area contributed by atoms with Crippen LogP contribution in [0.3, 0.4) is 0 Å². The van der Waals surface area contributed by atoms with E-state index in [-0.39, 0.29) is 11.9 Å². The van der Waals surface area contributed by atoms with Gasteiger partial charge in [-0.25, -0.2) is 0 Å². The molecule has 1 amide bonds. The summed E-state index contributed by atoms with van der Waals surface area (Å²) in [5.41, 5.74) is 3.28. The molecule has 128 valence electrons. The van der Waals surface area contributed by atoms with E-state index in [4.69, 9.17) is 0 Å². The monoisotopic (exact) mass is 343 g/mol. The van der Waals surface area contributed by atoms with Crippen molar-refractivity contribution in [3.63, 3.8) is 0 Å². The minimum atomic E-state index is -0.993. The number of amides is 1. The van der Waals surface area contributed by atoms with E-state index in [9.17, 15) is 9.00 Å². The van der Waals surface area contributed by atoms with Crippen LogP contribution in [0.4, 0.5) is 0 Å². The second-order valence-corrected chi connectivity index (χ2v) is 7.80. The third-order valence-corrected chi connectivity index (χ3v) is 5.06. The van der Waals surface area contributed by atoms with Gasteiger partial charge in [0.2, 0.25) is 5.91 Å². The normalized spacial score (nSPS) is 13.5. The van der Waals surface area contributed by atoms with Crippen molar-refractivity contribution in [2.75, 3.05) is 6.26 Å². The van der Waals surface area contributed by atoms with Crippen molar-refractivity contribution in [1.29, 1.82) is 0 Å². The first-order valence-corrected chi connectivity index (χ1v) is 9.71. The van der Waals surface area contributed by atoms with Crippen molar-refractivity contribution < 1.29 is 9.00 Å². The predicted molar refractivity (Wildman–Crippen MR) is 99.4 cm³/mol. The van der Waals surface area contributed by atoms with Gasteiger partial charge in [-0.2, -0.15) is 0 Å². The van der Waals surface area contributed by atoms with E-state index in [1.165, 1.54) is 5.56 Å². The molecule has 2 aromatic rings. The van der Waals surface area contributed by atoms with Crippen LogP contribution >= 0.6 is 0 Å². The summed E-state index contributed by atoms with van der Waals surface area (Å²) in [6, 6.07) is 15.5. The Morgan fingerprint density at radius 2 is 1.71 bits per heavy atom. The highest BCUT2D eigenvalue weighted by atomic mass is 32.2. The van der Waals surface area contributed by atoms with Crippen LogP contribution in [0.2, 0.25) is 0 Å². The fourth-order valence-corrected chi connectivity index (χ4v) is 3.27. The summed E-state index contributed by atoms with van der Waals surface area (Å²) in [6.45, 7) is 6.30. The van der Waals surface area contributed by atoms with E-state index in [2.05, 4.69) is 38.2 Å². The molecule has 3 nitrogen and oxygen atoms in total. The molecule has 4 heteroatoms. The first kappa shape index (κ1) is 18.4. The number of aryl methyl sites for hydroxylation is 1. The smallest absolute Gasteiger partial charge is 0.224 e. The molecule has 0 aliphatic rings. The van der Waals surface area contributed by atoms with Crippen molar-refractivity contribution in [1.82, 2.24) is 5.32 Å². The van der Waals surface area contributed by atoms with Gasteiger partial charge in [0.1, 0.15) is 0 Å². The van der Waals surface area contributed by atoms with Crippen LogP contribution in [0, 0.1) is 12.8 Å². The summed E-state index contributed by atoms with van der Waals surface area (Å²) in [6.07, 6.45) is 1.98. The van der Waals surface area contributed by atoms with Crippen LogP contribution < -0.4 is 5.32 Å². The van der Waals surface area contributed by atoms with Crippen molar-refractivity contribution in [2.24, 2.45) is 5.92 Å². The average molecular weight is 343 g/mol. The summed E-state index contributed by atoms with van der Waals surface area (Å²) in [5, 5.41) is 3.16. The topological polar surface area (TPSA) is 46.2 Å². The van der Waals surface area contributed by atoms with E-state index < -0.39 is 10.8 Å². The van der Waals surface area contributed by atoms with Gasteiger partial charge >= 0.3 is 0 Å². The highest BCUT2D eigenvalue weighted by molar-refractivity contribution is 7.84. The Morgan fingerprint density at radius 3 is 2.25 bits per heavy atom. The third-order valence-electron chi connectivity index (χ3n) is 4.13. The van der Waals surface area contributed by atoms with Gasteiger partial charge in [0, 0.05) is 22.0 Å². The highest BCUT2D eigenvalue weighted by Crippen LogP contribution is 2.24. The molecule has 0 spiro atoms. The van der Waals surface area contributed by atoms with E-state index >= 15 is 0 Å². The Bertz CT molecular complexity index is 723. The first-order valence-electron chi connectivity index (χ1n) is 8.15. The zero-order valence-electron chi connectivity index (χ0n) is 14.7. The zero-order valence-corrected chi connectivity index (χ0v) is 15.5. The van der Waals surface area contributed by atoms with Gasteiger partial charge in [-0.15, -0.1) is 0 Å². The number of hydrogen-bond acceptors (Lipinski definition) is 2. The standard InChI is InChI=1S/C20H25NO2S/c1-14(2)20(18-8-6-5-7-15(18)3)21-19(22)13-16-9-11-17(12-10-16)24(4)23/h5-12,14,20H,13H2,1-4H3,(H,21,22)/t20-,24+/m0/s1. The number of carbonyl (C=O) groups excluding carboxylic acids is 1. The highest BCUT2D eigenvalue weighted by Gasteiger charge is 2.19. The number of rotatable bonds is 6. The summed E-state index contributed by atoms with van der Waals surface area (Å²) < 4.78 is 11.4. The Kier molecular flexibility index (Phi) is 6.32. The largest absolute Gasteiger partial charge is 0.349 e. The van der Waals surface area contributed by atoms with Gasteiger partial charge in [-0.05, 0) is 41.7 Å². The Morgan fingerprint density at radius 1 is 1.08 bits per heavy atom. The maximum Gasteiger partial charge on any atom is 0.224 e. The van der Waals surface area contributed by atoms with Crippen LogP contribution in [0.5, 0.6) is 0 Å². The van der Waals surface area contributed by atoms with Crippen LogP contribution in [0.1, 0.15) is 36.6 Å². The fraction of sp³-hybridized carbons (Fsp3) is 0.350. The maximum atomic E-state index is 12.5. The molecule has 0 aliphatic heterocycles. The average Bonchev–Trinajstić information content (AvgIpc) is 2.53. The third kappa shape index (κ3) is 4.78. The van der Waals surface area contributed by atoms with E-state index in [1.54, 1.807) is 6.26 Å². The molecule has 0 bridgehead atoms. The number of nitrogens with one attached hydrogen (secondary N) is 1. The molecule has 0 fully saturated rings. The lowest BCUT2D eigenvalue weighted by Gasteiger charge is -2.24. The molecular weight excluding hydrogens is 318 g/mol. The minimum Gasteiger partial charge on any atom is -0.349 e. The van der Waals surface area contributed by atoms with Gasteiger partial charge in [0.15, 0.2) is 0 Å². The maximum absolute atomic E-state index is 12.5. The van der Waals surface area contributed by atoms with Crippen molar-refractivity contribution in [3.8, 4) is 0 Å². The van der Waals surface area contributed by atoms with Crippen molar-refractivity contribution in [2.45, 2.75) is 38.1 Å². The molecule has 24 heavy (non-hydrogen) atoms. The molecule has 0 radical (unpaired) electrons. The van der Waals surface area contributed by atoms with E-state index in [0.29, 0.717) is 12.3 Å². The first-order chi connectivity index (χ1) is 11.4. The Balaban J connectivity index is 2.08. The lowest BCUT2D eigenvalue weighted by molar-refractivity contribution is -0.121. The quantitative estimate of drug-likeness (QED) is 0.867. The Labute approximate surface area is 146 Å². The molecule has 0 aromatic heterocycles. The molecule has 0 saturated carbocycles. The molecule has 0 heterocycles. The Hall–Kier alpha value is -1.94. The van der Waals surface area contributed by atoms with Gasteiger partial charge in [-0.3, -0.25) is 9.00 Å². The molecular formula is C20H25NO2S. The van der Waals surface area contributed by atoms with Gasteiger partial charge in [0.05, 0.1) is 12.5 Å². The van der Waals surface area contributed by atoms with Gasteiger partial charge in [0.25, 0.3) is 0 Å². The zero-order chi connectivity index (χ0) is 17.7. The number of hydrogen-bond donors (Lipinski definition) is 1. The molecule has 2 rings (SSSR count). The van der Waals surface area contributed by atoms with Crippen LogP contribution in [0.25, 0.3) is 0 Å². The van der Waals surface area contributed by atoms with Crippen molar-refractivity contribution in [3.05, 3.63) is 65.2 Å². The lowest BCUT2D eigenvalue weighted by atomic mass is 9.92. The summed E-state index contributed by atoms with van der Waals surface area (Å²) in [7, 11) is -0.993. The number of benzene rings is 2. The predicted octanol–water partition coefficient (Wildman–Crippen LogP) is 3.79. The van der Waals surface area contributed by atoms with E-state index in [0.717, 1.165) is 16.0 Å². The van der Waals surface area contributed by atoms with Crippen LogP contribution in [-0.4, -0.2) is 16.4 Å². The minimum absolute atomic E-state index is 0.00104. The fourth-order valence-electron chi connectivity index (χ4n) is 2.75. The van der Waals surface area contributed by atoms with Gasteiger partial charge < -0.3 is 5.32 Å². The summed E-state index contributed by atoms with van der Waals surface area (Å²) in [5.74, 6) is 0.308. The summed E-state index contributed by atoms with van der Waals surface area (Å²) in [4.78, 5) is 13.2. The molecule has 2 aromatic carbocycles. The van der Waals surface area contributed by atoms with Crippen LogP contribution in [-0.2, 0) is 22.0 Å². The molecule has 0 saturated heterocycles. The van der Waals surface area contributed by atoms with Crippen LogP contribution in [0.15, 0.2) is 53.4 Å². The van der Waals surface area contributed by atoms with E-state index in [1.807, 2.05) is 36.4 Å². The second-order valence-electron chi connectivity index (χ2n) is 6.42. The van der Waals surface area contributed by atoms with Gasteiger partial charge in [-0.1, -0.05) is 50.2 Å². The molecule has 1 N–H and O–H groups in total. The SMILES string of the molecule is Cc1ccccc1[C@@H](NC(=O)Cc1ccc([S@@](C)=O)cc1)C(C)C. The molecule has 0 aliphatic carbocycles. The second kappa shape index (κ2) is 8.25. The molecule has 0 unspecified atom stereocenters. The number of carbonyl (C=O) groups is 1. The van der Waals surface area contributed by atoms with Crippen molar-refractivity contribution >= 4 is 16.7 Å². The molecule has 2 atom stereocenters. The summed E-state index contributed by atoms with van der Waals surface area (Å²) >= 11 is 0.